The summed E-state index contributed by atoms with van der Waals surface area (Å²) in [4.78, 5) is 2.22. The molecule has 0 aromatic rings. The van der Waals surface area contributed by atoms with Gasteiger partial charge in [0.2, 0.25) is 0 Å². The number of nitrogens with zero attached hydrogens (tertiary/aromatic N) is 1. The van der Waals surface area contributed by atoms with Gasteiger partial charge in [0, 0.05) is 6.54 Å². The molecule has 1 heteroatoms. The molecule has 0 heterocycles. The first kappa shape index (κ1) is 7.55. The minimum absolute atomic E-state index is 1.14. The zero-order valence-electron chi connectivity index (χ0n) is 6.80. The lowest BCUT2D eigenvalue weighted by Gasteiger charge is -2.07. The van der Waals surface area contributed by atoms with Gasteiger partial charge in [0.05, 0.1) is 0 Å². The molecular weight excluding hydrogens is 122 g/mol. The predicted molar refractivity (Wildman–Crippen MR) is 45.0 cm³/mol. The van der Waals surface area contributed by atoms with E-state index in [2.05, 4.69) is 37.2 Å². The smallest absolute Gasteiger partial charge is 0.00156 e. The topological polar surface area (TPSA) is 3.24 Å². The molecule has 0 spiro atoms. The van der Waals surface area contributed by atoms with Gasteiger partial charge in [-0.3, -0.25) is 0 Å². The second kappa shape index (κ2) is 3.57. The van der Waals surface area contributed by atoms with Gasteiger partial charge in [0.15, 0.2) is 0 Å². The molecule has 1 rings (SSSR count). The lowest BCUT2D eigenvalue weighted by atomic mass is 10.2. The molecule has 0 unspecified atom stereocenters. The van der Waals surface area contributed by atoms with Gasteiger partial charge in [-0.05, 0) is 26.9 Å². The second-order valence-electron chi connectivity index (χ2n) is 2.97. The van der Waals surface area contributed by atoms with E-state index in [1.165, 1.54) is 12.0 Å². The van der Waals surface area contributed by atoms with Gasteiger partial charge >= 0.3 is 0 Å². The minimum atomic E-state index is 1.14. The maximum atomic E-state index is 2.30. The van der Waals surface area contributed by atoms with Gasteiger partial charge in [-0.2, -0.15) is 0 Å². The van der Waals surface area contributed by atoms with E-state index < -0.39 is 0 Å². The van der Waals surface area contributed by atoms with Crippen molar-refractivity contribution in [1.82, 2.24) is 4.90 Å². The molecule has 1 aliphatic rings. The van der Waals surface area contributed by atoms with Crippen molar-refractivity contribution >= 4 is 0 Å². The van der Waals surface area contributed by atoms with Crippen molar-refractivity contribution in [2.75, 3.05) is 20.6 Å². The molecule has 0 aliphatic heterocycles. The second-order valence-corrected chi connectivity index (χ2v) is 2.97. The van der Waals surface area contributed by atoms with Crippen LogP contribution in [0.25, 0.3) is 0 Å². The standard InChI is InChI=1S/C9H15N/c1-10(2)8-7-9-5-3-4-6-9/h3,5-6H,4,7-8H2,1-2H3. The molecule has 0 bridgehead atoms. The normalized spacial score (nSPS) is 16.5. The van der Waals surface area contributed by atoms with Gasteiger partial charge in [-0.15, -0.1) is 0 Å². The van der Waals surface area contributed by atoms with E-state index in [0.29, 0.717) is 0 Å². The van der Waals surface area contributed by atoms with Crippen LogP contribution in [0.4, 0.5) is 0 Å². The Morgan fingerprint density at radius 3 is 2.80 bits per heavy atom. The monoisotopic (exact) mass is 137 g/mol. The van der Waals surface area contributed by atoms with Gasteiger partial charge in [-0.1, -0.05) is 23.8 Å². The molecule has 0 fully saturated rings. The molecule has 0 aromatic carbocycles. The highest BCUT2D eigenvalue weighted by molar-refractivity contribution is 5.25. The molecule has 0 saturated heterocycles. The summed E-state index contributed by atoms with van der Waals surface area (Å²) in [5, 5.41) is 0. The first-order valence-electron chi connectivity index (χ1n) is 3.79. The van der Waals surface area contributed by atoms with E-state index in [-0.39, 0.29) is 0 Å². The first-order valence-corrected chi connectivity index (χ1v) is 3.79. The minimum Gasteiger partial charge on any atom is -0.309 e. The number of allylic oxidation sites excluding steroid dienone is 3. The van der Waals surface area contributed by atoms with Crippen LogP contribution in [0.5, 0.6) is 0 Å². The maximum Gasteiger partial charge on any atom is 0.00156 e. The summed E-state index contributed by atoms with van der Waals surface area (Å²) in [5.74, 6) is 0. The molecule has 0 amide bonds. The third kappa shape index (κ3) is 2.36. The van der Waals surface area contributed by atoms with Crippen LogP contribution >= 0.6 is 0 Å². The summed E-state index contributed by atoms with van der Waals surface area (Å²) >= 11 is 0. The Hall–Kier alpha value is -0.560. The van der Waals surface area contributed by atoms with E-state index >= 15 is 0 Å². The zero-order chi connectivity index (χ0) is 7.40. The summed E-state index contributed by atoms with van der Waals surface area (Å²) in [6.45, 7) is 1.16. The number of hydrogen-bond donors (Lipinski definition) is 0. The molecule has 10 heavy (non-hydrogen) atoms. The fraction of sp³-hybridized carbons (Fsp3) is 0.556. The predicted octanol–water partition coefficient (Wildman–Crippen LogP) is 1.82. The Balaban J connectivity index is 2.19. The molecule has 56 valence electrons. The molecule has 1 aliphatic carbocycles. The number of hydrogen-bond acceptors (Lipinski definition) is 1. The summed E-state index contributed by atoms with van der Waals surface area (Å²) in [5.41, 5.74) is 1.49. The highest BCUT2D eigenvalue weighted by Gasteiger charge is 1.97. The fourth-order valence-electron chi connectivity index (χ4n) is 1.04. The Kier molecular flexibility index (Phi) is 2.69. The van der Waals surface area contributed by atoms with Crippen LogP contribution in [-0.4, -0.2) is 25.5 Å². The summed E-state index contributed by atoms with van der Waals surface area (Å²) in [6, 6.07) is 0. The largest absolute Gasteiger partial charge is 0.309 e. The van der Waals surface area contributed by atoms with Crippen molar-refractivity contribution in [3.63, 3.8) is 0 Å². The lowest BCUT2D eigenvalue weighted by molar-refractivity contribution is 0.414. The molecule has 1 nitrogen and oxygen atoms in total. The third-order valence-corrected chi connectivity index (χ3v) is 1.70. The first-order chi connectivity index (χ1) is 4.79. The van der Waals surface area contributed by atoms with Crippen molar-refractivity contribution in [3.05, 3.63) is 23.8 Å². The summed E-state index contributed by atoms with van der Waals surface area (Å²) in [7, 11) is 4.22. The molecule has 0 N–H and O–H groups in total. The maximum absolute atomic E-state index is 2.30. The Morgan fingerprint density at radius 2 is 2.30 bits per heavy atom. The molecule has 0 saturated carbocycles. The Labute approximate surface area is 63.0 Å². The SMILES string of the molecule is CN(C)CCC1=CCC=C1. The van der Waals surface area contributed by atoms with Gasteiger partial charge in [0.1, 0.15) is 0 Å². The zero-order valence-corrected chi connectivity index (χ0v) is 6.80. The van der Waals surface area contributed by atoms with Crippen molar-refractivity contribution in [3.8, 4) is 0 Å². The highest BCUT2D eigenvalue weighted by atomic mass is 15.0. The van der Waals surface area contributed by atoms with Crippen molar-refractivity contribution in [2.24, 2.45) is 0 Å². The van der Waals surface area contributed by atoms with Crippen molar-refractivity contribution in [2.45, 2.75) is 12.8 Å². The van der Waals surface area contributed by atoms with Gasteiger partial charge in [0.25, 0.3) is 0 Å². The molecule has 0 radical (unpaired) electrons. The van der Waals surface area contributed by atoms with Gasteiger partial charge < -0.3 is 4.90 Å². The Morgan fingerprint density at radius 1 is 1.50 bits per heavy atom. The van der Waals surface area contributed by atoms with Crippen molar-refractivity contribution in [1.29, 1.82) is 0 Å². The van der Waals surface area contributed by atoms with E-state index in [1.54, 1.807) is 0 Å². The van der Waals surface area contributed by atoms with Crippen LogP contribution in [-0.2, 0) is 0 Å². The molecule has 0 aromatic heterocycles. The number of rotatable bonds is 3. The van der Waals surface area contributed by atoms with Crippen LogP contribution in [0.15, 0.2) is 23.8 Å². The van der Waals surface area contributed by atoms with E-state index in [9.17, 15) is 0 Å². The quantitative estimate of drug-likeness (QED) is 0.573. The summed E-state index contributed by atoms with van der Waals surface area (Å²) in [6.07, 6.45) is 9.07. The average molecular weight is 137 g/mol. The molecule has 0 atom stereocenters. The van der Waals surface area contributed by atoms with Crippen LogP contribution in [0.2, 0.25) is 0 Å². The lowest BCUT2D eigenvalue weighted by Crippen LogP contribution is -2.12. The van der Waals surface area contributed by atoms with Crippen LogP contribution < -0.4 is 0 Å². The highest BCUT2D eigenvalue weighted by Crippen LogP contribution is 2.12. The van der Waals surface area contributed by atoms with E-state index in [1.807, 2.05) is 0 Å². The van der Waals surface area contributed by atoms with E-state index in [4.69, 9.17) is 0 Å². The third-order valence-electron chi connectivity index (χ3n) is 1.70. The van der Waals surface area contributed by atoms with Crippen LogP contribution in [0.1, 0.15) is 12.8 Å². The summed E-state index contributed by atoms with van der Waals surface area (Å²) < 4.78 is 0. The van der Waals surface area contributed by atoms with E-state index in [0.717, 1.165) is 13.0 Å². The molecular formula is C9H15N. The van der Waals surface area contributed by atoms with Crippen molar-refractivity contribution < 1.29 is 0 Å². The van der Waals surface area contributed by atoms with Crippen LogP contribution in [0.3, 0.4) is 0 Å². The Bertz CT molecular complexity index is 154. The van der Waals surface area contributed by atoms with Gasteiger partial charge in [-0.25, -0.2) is 0 Å². The average Bonchev–Trinajstić information content (AvgIpc) is 2.34. The van der Waals surface area contributed by atoms with Crippen LogP contribution in [0, 0.1) is 0 Å². The fourth-order valence-corrected chi connectivity index (χ4v) is 1.04.